The predicted molar refractivity (Wildman–Crippen MR) is 104 cm³/mol. The van der Waals surface area contributed by atoms with Gasteiger partial charge in [0.25, 0.3) is 5.91 Å². The summed E-state index contributed by atoms with van der Waals surface area (Å²) in [5, 5.41) is 4.18. The van der Waals surface area contributed by atoms with Crippen molar-refractivity contribution in [1.82, 2.24) is 19.6 Å². The number of rotatable bonds is 5. The molecule has 1 aromatic heterocycles. The molecule has 1 fully saturated rings. The van der Waals surface area contributed by atoms with Crippen molar-refractivity contribution in [2.24, 2.45) is 5.92 Å². The van der Waals surface area contributed by atoms with Crippen molar-refractivity contribution in [2.75, 3.05) is 13.1 Å². The minimum atomic E-state index is -0.296. The van der Waals surface area contributed by atoms with Crippen LogP contribution in [0.4, 0.5) is 4.39 Å². The first-order valence-corrected chi connectivity index (χ1v) is 9.74. The maximum atomic E-state index is 13.2. The maximum absolute atomic E-state index is 13.2. The Kier molecular flexibility index (Phi) is 6.11. The molecule has 0 N–H and O–H groups in total. The molecule has 0 radical (unpaired) electrons. The number of amides is 2. The molecule has 3 rings (SSSR count). The number of halogens is 1. The molecule has 0 saturated carbocycles. The van der Waals surface area contributed by atoms with Crippen LogP contribution >= 0.6 is 0 Å². The zero-order valence-corrected chi connectivity index (χ0v) is 16.6. The largest absolute Gasteiger partial charge is 0.336 e. The standard InChI is InChI=1S/C21H27FN4O2/c1-4-25-13-17(11-23-25)21(28)24-10-9-20(27)26(19(14-24)15(2)3)12-16-5-7-18(22)8-6-16/h5-8,11,13,15,19H,4,9-10,12,14H2,1-3H3/t19-/m1/s1. The van der Waals surface area contributed by atoms with Crippen molar-refractivity contribution in [1.29, 1.82) is 0 Å². The van der Waals surface area contributed by atoms with Crippen LogP contribution in [-0.4, -0.2) is 50.5 Å². The van der Waals surface area contributed by atoms with Gasteiger partial charge >= 0.3 is 0 Å². The molecule has 1 atom stereocenters. The molecule has 2 amide bonds. The van der Waals surface area contributed by atoms with Gasteiger partial charge in [-0.15, -0.1) is 0 Å². The van der Waals surface area contributed by atoms with Crippen LogP contribution in [0.2, 0.25) is 0 Å². The normalized spacial score (nSPS) is 17.9. The van der Waals surface area contributed by atoms with Crippen LogP contribution in [0.1, 0.15) is 43.1 Å². The summed E-state index contributed by atoms with van der Waals surface area (Å²) in [6.07, 6.45) is 3.60. The van der Waals surface area contributed by atoms with Crippen molar-refractivity contribution in [3.8, 4) is 0 Å². The molecule has 28 heavy (non-hydrogen) atoms. The van der Waals surface area contributed by atoms with Crippen LogP contribution in [0.5, 0.6) is 0 Å². The van der Waals surface area contributed by atoms with E-state index in [1.165, 1.54) is 12.1 Å². The van der Waals surface area contributed by atoms with E-state index in [1.54, 1.807) is 34.1 Å². The Labute approximate surface area is 164 Å². The molecular weight excluding hydrogens is 359 g/mol. The Morgan fingerprint density at radius 2 is 2.00 bits per heavy atom. The maximum Gasteiger partial charge on any atom is 0.257 e. The Balaban J connectivity index is 1.80. The third kappa shape index (κ3) is 4.40. The highest BCUT2D eigenvalue weighted by molar-refractivity contribution is 5.94. The van der Waals surface area contributed by atoms with Crippen molar-refractivity contribution in [3.63, 3.8) is 0 Å². The Bertz CT molecular complexity index is 831. The highest BCUT2D eigenvalue weighted by Crippen LogP contribution is 2.22. The summed E-state index contributed by atoms with van der Waals surface area (Å²) in [6.45, 7) is 8.05. The van der Waals surface area contributed by atoms with Crippen molar-refractivity contribution in [3.05, 3.63) is 53.6 Å². The van der Waals surface area contributed by atoms with E-state index in [2.05, 4.69) is 18.9 Å². The van der Waals surface area contributed by atoms with Gasteiger partial charge in [0.15, 0.2) is 0 Å². The van der Waals surface area contributed by atoms with Gasteiger partial charge in [-0.2, -0.15) is 5.10 Å². The van der Waals surface area contributed by atoms with Gasteiger partial charge in [-0.25, -0.2) is 4.39 Å². The minimum Gasteiger partial charge on any atom is -0.336 e. The molecule has 0 bridgehead atoms. The van der Waals surface area contributed by atoms with Crippen molar-refractivity contribution < 1.29 is 14.0 Å². The lowest BCUT2D eigenvalue weighted by molar-refractivity contribution is -0.134. The number of aryl methyl sites for hydroxylation is 1. The average Bonchev–Trinajstić information content (AvgIpc) is 3.10. The highest BCUT2D eigenvalue weighted by atomic mass is 19.1. The summed E-state index contributed by atoms with van der Waals surface area (Å²) in [4.78, 5) is 29.4. The van der Waals surface area contributed by atoms with E-state index in [9.17, 15) is 14.0 Å². The quantitative estimate of drug-likeness (QED) is 0.794. The van der Waals surface area contributed by atoms with E-state index < -0.39 is 0 Å². The molecule has 0 aliphatic carbocycles. The number of carbonyl (C=O) groups is 2. The Morgan fingerprint density at radius 1 is 1.29 bits per heavy atom. The fourth-order valence-corrected chi connectivity index (χ4v) is 3.55. The second-order valence-electron chi connectivity index (χ2n) is 7.55. The molecule has 7 heteroatoms. The van der Waals surface area contributed by atoms with Gasteiger partial charge in [-0.3, -0.25) is 14.3 Å². The van der Waals surface area contributed by atoms with Gasteiger partial charge in [-0.1, -0.05) is 26.0 Å². The van der Waals surface area contributed by atoms with E-state index in [1.807, 2.05) is 11.8 Å². The van der Waals surface area contributed by atoms with E-state index in [0.717, 1.165) is 5.56 Å². The van der Waals surface area contributed by atoms with E-state index in [-0.39, 0.29) is 36.0 Å². The lowest BCUT2D eigenvalue weighted by Gasteiger charge is -2.34. The van der Waals surface area contributed by atoms with E-state index in [4.69, 9.17) is 0 Å². The van der Waals surface area contributed by atoms with Gasteiger partial charge in [0.05, 0.1) is 17.8 Å². The van der Waals surface area contributed by atoms with Crippen molar-refractivity contribution >= 4 is 11.8 Å². The fourth-order valence-electron chi connectivity index (χ4n) is 3.55. The zero-order valence-electron chi connectivity index (χ0n) is 16.6. The molecule has 0 unspecified atom stereocenters. The lowest BCUT2D eigenvalue weighted by atomic mass is 10.0. The number of hydrogen-bond acceptors (Lipinski definition) is 3. The fraction of sp³-hybridized carbons (Fsp3) is 0.476. The third-order valence-electron chi connectivity index (χ3n) is 5.25. The molecule has 2 aromatic rings. The van der Waals surface area contributed by atoms with Gasteiger partial charge in [-0.05, 0) is 30.5 Å². The second-order valence-corrected chi connectivity index (χ2v) is 7.55. The molecule has 1 saturated heterocycles. The smallest absolute Gasteiger partial charge is 0.257 e. The van der Waals surface area contributed by atoms with Crippen LogP contribution in [0, 0.1) is 11.7 Å². The summed E-state index contributed by atoms with van der Waals surface area (Å²) in [5.74, 6) is -0.198. The van der Waals surface area contributed by atoms with Crippen LogP contribution in [0.15, 0.2) is 36.7 Å². The van der Waals surface area contributed by atoms with Crippen LogP contribution in [0.25, 0.3) is 0 Å². The molecule has 6 nitrogen and oxygen atoms in total. The summed E-state index contributed by atoms with van der Waals surface area (Å²) < 4.78 is 14.9. The average molecular weight is 386 g/mol. The summed E-state index contributed by atoms with van der Waals surface area (Å²) >= 11 is 0. The lowest BCUT2D eigenvalue weighted by Crippen LogP contribution is -2.47. The number of nitrogens with zero attached hydrogens (tertiary/aromatic N) is 4. The molecule has 0 spiro atoms. The van der Waals surface area contributed by atoms with Gasteiger partial charge in [0.1, 0.15) is 5.82 Å². The highest BCUT2D eigenvalue weighted by Gasteiger charge is 2.34. The summed E-state index contributed by atoms with van der Waals surface area (Å²) in [7, 11) is 0. The number of hydrogen-bond donors (Lipinski definition) is 0. The zero-order chi connectivity index (χ0) is 20.3. The third-order valence-corrected chi connectivity index (χ3v) is 5.25. The van der Waals surface area contributed by atoms with E-state index >= 15 is 0 Å². The summed E-state index contributed by atoms with van der Waals surface area (Å²) in [5.41, 5.74) is 1.42. The first kappa shape index (κ1) is 20.0. The number of carbonyl (C=O) groups excluding carboxylic acids is 2. The van der Waals surface area contributed by atoms with Gasteiger partial charge in [0, 0.05) is 38.8 Å². The number of benzene rings is 1. The monoisotopic (exact) mass is 386 g/mol. The van der Waals surface area contributed by atoms with Crippen LogP contribution in [0.3, 0.4) is 0 Å². The predicted octanol–water partition coefficient (Wildman–Crippen LogP) is 2.94. The topological polar surface area (TPSA) is 58.4 Å². The molecule has 2 heterocycles. The van der Waals surface area contributed by atoms with Crippen LogP contribution in [-0.2, 0) is 17.9 Å². The molecule has 150 valence electrons. The summed E-state index contributed by atoms with van der Waals surface area (Å²) in [6, 6.07) is 6.11. The van der Waals surface area contributed by atoms with Crippen LogP contribution < -0.4 is 0 Å². The molecular formula is C21H27FN4O2. The molecule has 1 aliphatic heterocycles. The van der Waals surface area contributed by atoms with Gasteiger partial charge in [0.2, 0.25) is 5.91 Å². The number of aromatic nitrogens is 2. The molecule has 1 aliphatic rings. The van der Waals surface area contributed by atoms with Gasteiger partial charge < -0.3 is 9.80 Å². The second kappa shape index (κ2) is 8.54. The first-order valence-electron chi connectivity index (χ1n) is 9.74. The Morgan fingerprint density at radius 3 is 2.61 bits per heavy atom. The Hall–Kier alpha value is -2.70. The van der Waals surface area contributed by atoms with Crippen molar-refractivity contribution in [2.45, 2.75) is 46.3 Å². The minimum absolute atomic E-state index is 0.0163. The SMILES string of the molecule is CCn1cc(C(=O)N2CCC(=O)N(Cc3ccc(F)cc3)[C@@H](C(C)C)C2)cn1. The molecule has 1 aromatic carbocycles. The first-order chi connectivity index (χ1) is 13.4. The van der Waals surface area contributed by atoms with E-state index in [0.29, 0.717) is 31.7 Å².